The molecule has 0 atom stereocenters. The predicted octanol–water partition coefficient (Wildman–Crippen LogP) is 3.92. The third kappa shape index (κ3) is 4.38. The lowest BCUT2D eigenvalue weighted by molar-refractivity contribution is -0.00578. The van der Waals surface area contributed by atoms with E-state index in [0.717, 1.165) is 78.2 Å². The Labute approximate surface area is 199 Å². The Morgan fingerprint density at radius 3 is 2.79 bits per heavy atom. The molecule has 3 heterocycles. The summed E-state index contributed by atoms with van der Waals surface area (Å²) in [6, 6.07) is 15.1. The van der Waals surface area contributed by atoms with Crippen LogP contribution in [0.25, 0.3) is 21.9 Å². The molecule has 0 bridgehead atoms. The number of anilines is 2. The number of aromatic nitrogens is 3. The highest BCUT2D eigenvalue weighted by Gasteiger charge is 2.20. The van der Waals surface area contributed by atoms with Crippen molar-refractivity contribution in [3.05, 3.63) is 53.6 Å². The molecule has 0 unspecified atom stereocenters. The molecule has 0 radical (unpaired) electrons. The zero-order valence-electron chi connectivity index (χ0n) is 19.8. The second kappa shape index (κ2) is 9.87. The smallest absolute Gasteiger partial charge is 0.222 e. The number of benzene rings is 2. The minimum Gasteiger partial charge on any atom is -0.496 e. The molecule has 0 amide bonds. The van der Waals surface area contributed by atoms with Gasteiger partial charge < -0.3 is 30.4 Å². The molecule has 178 valence electrons. The molecule has 4 aromatic rings. The van der Waals surface area contributed by atoms with Gasteiger partial charge in [0.05, 0.1) is 38.4 Å². The molecule has 1 saturated heterocycles. The fourth-order valence-electron chi connectivity index (χ4n) is 4.47. The van der Waals surface area contributed by atoms with Crippen molar-refractivity contribution >= 4 is 33.7 Å². The van der Waals surface area contributed by atoms with Crippen molar-refractivity contribution in [3.63, 3.8) is 0 Å². The van der Waals surface area contributed by atoms with Gasteiger partial charge in [-0.05, 0) is 30.2 Å². The van der Waals surface area contributed by atoms with Crippen LogP contribution in [0.5, 0.6) is 5.75 Å². The molecule has 2 aromatic heterocycles. The highest BCUT2D eigenvalue weighted by molar-refractivity contribution is 6.09. The number of methoxy groups -OCH3 is 1. The summed E-state index contributed by atoms with van der Waals surface area (Å²) in [7, 11) is 1.72. The molecule has 0 spiro atoms. The number of para-hydroxylation sites is 1. The molecule has 0 aliphatic carbocycles. The lowest BCUT2D eigenvalue weighted by Gasteiger charge is -2.27. The minimum absolute atomic E-state index is 0.278. The Balaban J connectivity index is 1.58. The summed E-state index contributed by atoms with van der Waals surface area (Å²) in [5.41, 5.74) is 11.3. The molecule has 1 fully saturated rings. The summed E-state index contributed by atoms with van der Waals surface area (Å²) in [5, 5.41) is 8.10. The average Bonchev–Trinajstić information content (AvgIpc) is 3.12. The zero-order valence-corrected chi connectivity index (χ0v) is 19.8. The van der Waals surface area contributed by atoms with Crippen LogP contribution >= 0.6 is 0 Å². The highest BCUT2D eigenvalue weighted by atomic mass is 16.5. The van der Waals surface area contributed by atoms with Gasteiger partial charge in [0, 0.05) is 24.0 Å². The number of rotatable bonds is 10. The highest BCUT2D eigenvalue weighted by Crippen LogP contribution is 2.34. The van der Waals surface area contributed by atoms with Crippen LogP contribution in [-0.4, -0.2) is 47.4 Å². The van der Waals surface area contributed by atoms with E-state index in [0.29, 0.717) is 12.6 Å². The lowest BCUT2D eigenvalue weighted by Crippen LogP contribution is -2.45. The standard InChI is InChI=1S/C26H32N6O2/c1-3-4-11-28-25-24-23(30-26(27)31-25)20-7-5-6-8-21(20)32(24)14-18-12-17(9-10-22(18)33-2)13-29-19-15-34-16-19/h5-10,12,19,29H,3-4,11,13-16H2,1-2H3,(H3,27,28,30,31). The van der Waals surface area contributed by atoms with E-state index in [2.05, 4.69) is 62.4 Å². The van der Waals surface area contributed by atoms with Crippen molar-refractivity contribution < 1.29 is 9.47 Å². The number of unbranched alkanes of at least 4 members (excludes halogenated alkanes) is 1. The van der Waals surface area contributed by atoms with E-state index < -0.39 is 0 Å². The van der Waals surface area contributed by atoms with Crippen molar-refractivity contribution in [2.75, 3.05) is 37.9 Å². The molecular weight excluding hydrogens is 428 g/mol. The van der Waals surface area contributed by atoms with Crippen LogP contribution < -0.4 is 21.1 Å². The van der Waals surface area contributed by atoms with E-state index in [1.165, 1.54) is 5.56 Å². The maximum Gasteiger partial charge on any atom is 0.222 e. The number of ether oxygens (including phenoxy) is 2. The van der Waals surface area contributed by atoms with Crippen LogP contribution in [0.2, 0.25) is 0 Å². The summed E-state index contributed by atoms with van der Waals surface area (Å²) < 4.78 is 13.3. The van der Waals surface area contributed by atoms with Crippen LogP contribution in [0.4, 0.5) is 11.8 Å². The van der Waals surface area contributed by atoms with E-state index in [-0.39, 0.29) is 5.95 Å². The van der Waals surface area contributed by atoms with Gasteiger partial charge in [-0.2, -0.15) is 4.98 Å². The quantitative estimate of drug-likeness (QED) is 0.309. The molecule has 8 nitrogen and oxygen atoms in total. The van der Waals surface area contributed by atoms with Gasteiger partial charge in [-0.1, -0.05) is 37.6 Å². The van der Waals surface area contributed by atoms with Crippen LogP contribution in [0.3, 0.4) is 0 Å². The van der Waals surface area contributed by atoms with Gasteiger partial charge in [0.25, 0.3) is 0 Å². The fraction of sp³-hybridized carbons (Fsp3) is 0.385. The molecule has 1 aliphatic heterocycles. The second-order valence-electron chi connectivity index (χ2n) is 8.77. The largest absolute Gasteiger partial charge is 0.496 e. The molecule has 34 heavy (non-hydrogen) atoms. The van der Waals surface area contributed by atoms with Crippen molar-refractivity contribution in [2.24, 2.45) is 0 Å². The van der Waals surface area contributed by atoms with E-state index in [1.807, 2.05) is 12.1 Å². The Bertz CT molecular complexity index is 1300. The first-order valence-corrected chi connectivity index (χ1v) is 11.9. The Hall–Kier alpha value is -3.36. The van der Waals surface area contributed by atoms with Gasteiger partial charge in [0.2, 0.25) is 5.95 Å². The molecule has 2 aromatic carbocycles. The molecular formula is C26H32N6O2. The maximum absolute atomic E-state index is 6.11. The van der Waals surface area contributed by atoms with Crippen molar-refractivity contribution in [2.45, 2.75) is 38.9 Å². The van der Waals surface area contributed by atoms with Crippen molar-refractivity contribution in [3.8, 4) is 5.75 Å². The SMILES string of the molecule is CCCCNc1nc(N)nc2c3ccccc3n(Cc3cc(CNC4COC4)ccc3OC)c12. The minimum atomic E-state index is 0.278. The molecule has 5 rings (SSSR count). The summed E-state index contributed by atoms with van der Waals surface area (Å²) in [4.78, 5) is 9.21. The predicted molar refractivity (Wildman–Crippen MR) is 136 cm³/mol. The molecule has 8 heteroatoms. The number of nitrogens with one attached hydrogen (secondary N) is 2. The van der Waals surface area contributed by atoms with E-state index in [4.69, 9.17) is 15.2 Å². The molecule has 4 N–H and O–H groups in total. The zero-order chi connectivity index (χ0) is 23.5. The van der Waals surface area contributed by atoms with E-state index in [1.54, 1.807) is 7.11 Å². The normalized spacial score (nSPS) is 13.9. The summed E-state index contributed by atoms with van der Waals surface area (Å²) in [6.45, 7) is 5.99. The topological polar surface area (TPSA) is 99.2 Å². The number of fused-ring (bicyclic) bond motifs is 3. The van der Waals surface area contributed by atoms with Gasteiger partial charge in [0.15, 0.2) is 5.82 Å². The number of hydrogen-bond acceptors (Lipinski definition) is 7. The first-order valence-electron chi connectivity index (χ1n) is 11.9. The number of hydrogen-bond donors (Lipinski definition) is 3. The Morgan fingerprint density at radius 1 is 1.18 bits per heavy atom. The Kier molecular flexibility index (Phi) is 6.51. The number of nitrogens with two attached hydrogens (primary N) is 1. The number of nitrogens with zero attached hydrogens (tertiary/aromatic N) is 3. The maximum atomic E-state index is 6.11. The lowest BCUT2D eigenvalue weighted by atomic mass is 10.1. The van der Waals surface area contributed by atoms with E-state index >= 15 is 0 Å². The van der Waals surface area contributed by atoms with Crippen LogP contribution in [0.1, 0.15) is 30.9 Å². The first kappa shape index (κ1) is 22.4. The summed E-state index contributed by atoms with van der Waals surface area (Å²) >= 11 is 0. The molecule has 0 saturated carbocycles. The van der Waals surface area contributed by atoms with E-state index in [9.17, 15) is 0 Å². The summed E-state index contributed by atoms with van der Waals surface area (Å²) in [6.07, 6.45) is 2.16. The van der Waals surface area contributed by atoms with Crippen molar-refractivity contribution in [1.82, 2.24) is 19.9 Å². The number of nitrogen functional groups attached to an aromatic ring is 1. The molecule has 1 aliphatic rings. The van der Waals surface area contributed by atoms with Crippen LogP contribution in [0.15, 0.2) is 42.5 Å². The van der Waals surface area contributed by atoms with Crippen LogP contribution in [0, 0.1) is 0 Å². The third-order valence-electron chi connectivity index (χ3n) is 6.35. The average molecular weight is 461 g/mol. The van der Waals surface area contributed by atoms with Gasteiger partial charge in [-0.3, -0.25) is 0 Å². The van der Waals surface area contributed by atoms with Gasteiger partial charge in [-0.25, -0.2) is 4.98 Å². The third-order valence-corrected chi connectivity index (χ3v) is 6.35. The Morgan fingerprint density at radius 2 is 2.03 bits per heavy atom. The first-order chi connectivity index (χ1) is 16.7. The van der Waals surface area contributed by atoms with Crippen LogP contribution in [-0.2, 0) is 17.8 Å². The summed E-state index contributed by atoms with van der Waals surface area (Å²) in [5.74, 6) is 1.91. The fourth-order valence-corrected chi connectivity index (χ4v) is 4.47. The van der Waals surface area contributed by atoms with Gasteiger partial charge in [-0.15, -0.1) is 0 Å². The second-order valence-corrected chi connectivity index (χ2v) is 8.77. The van der Waals surface area contributed by atoms with Gasteiger partial charge in [0.1, 0.15) is 16.8 Å². The van der Waals surface area contributed by atoms with Crippen molar-refractivity contribution in [1.29, 1.82) is 0 Å². The monoisotopic (exact) mass is 460 g/mol. The van der Waals surface area contributed by atoms with Gasteiger partial charge >= 0.3 is 0 Å².